The molecule has 0 amide bonds. The highest BCUT2D eigenvalue weighted by atomic mass is 16.5. The molecule has 1 saturated carbocycles. The highest BCUT2D eigenvalue weighted by Gasteiger charge is 2.58. The van der Waals surface area contributed by atoms with Gasteiger partial charge in [0, 0.05) is 13.0 Å². The number of carbonyl (C=O) groups is 1. The van der Waals surface area contributed by atoms with E-state index in [1.54, 1.807) is 0 Å². The first-order valence-corrected chi connectivity index (χ1v) is 12.8. The zero-order chi connectivity index (χ0) is 21.7. The molecule has 5 nitrogen and oxygen atoms in total. The molecular formula is C25H46O5. The summed E-state index contributed by atoms with van der Waals surface area (Å²) >= 11 is 0. The third kappa shape index (κ3) is 7.01. The van der Waals surface area contributed by atoms with Crippen LogP contribution in [-0.2, 0) is 9.53 Å². The number of aliphatic hydroxyl groups is 3. The standard InChI is InChI=1S/C25H46O5/c26-21-23(28)25(19-15-11-7-3-4-8-12-16-20-30-25)24(29)18-14-10-6-2-1-5-9-13-17-22(24)27/h23,26,28-29H,1-21H2/t23-,24+,25+/m1/s1. The van der Waals surface area contributed by atoms with Crippen LogP contribution in [0.2, 0.25) is 0 Å². The van der Waals surface area contributed by atoms with Crippen LogP contribution in [0.1, 0.15) is 122 Å². The SMILES string of the molecule is O=C1CCCCCCCCCC[C@@]1(O)[C@@]1([C@H](O)CO)CCCCCCCCCCO1. The largest absolute Gasteiger partial charge is 0.394 e. The van der Waals surface area contributed by atoms with Gasteiger partial charge in [-0.15, -0.1) is 0 Å². The van der Waals surface area contributed by atoms with Crippen LogP contribution in [0, 0.1) is 0 Å². The summed E-state index contributed by atoms with van der Waals surface area (Å²) in [6, 6.07) is 0. The van der Waals surface area contributed by atoms with Gasteiger partial charge in [0.05, 0.1) is 6.61 Å². The Morgan fingerprint density at radius 1 is 0.733 bits per heavy atom. The predicted molar refractivity (Wildman–Crippen MR) is 119 cm³/mol. The van der Waals surface area contributed by atoms with Crippen molar-refractivity contribution < 1.29 is 24.9 Å². The lowest BCUT2D eigenvalue weighted by atomic mass is 9.69. The van der Waals surface area contributed by atoms with Crippen LogP contribution < -0.4 is 0 Å². The molecule has 176 valence electrons. The lowest BCUT2D eigenvalue weighted by Gasteiger charge is -2.49. The first kappa shape index (κ1) is 25.8. The summed E-state index contributed by atoms with van der Waals surface area (Å²) in [7, 11) is 0. The van der Waals surface area contributed by atoms with Crippen molar-refractivity contribution in [3.63, 3.8) is 0 Å². The number of carbonyl (C=O) groups excluding carboxylic acids is 1. The van der Waals surface area contributed by atoms with Crippen LogP contribution in [0.5, 0.6) is 0 Å². The van der Waals surface area contributed by atoms with Gasteiger partial charge in [-0.1, -0.05) is 89.9 Å². The Balaban J connectivity index is 2.32. The molecule has 1 aliphatic heterocycles. The summed E-state index contributed by atoms with van der Waals surface area (Å²) in [6.45, 7) is -0.0950. The van der Waals surface area contributed by atoms with E-state index in [0.717, 1.165) is 70.6 Å². The quantitative estimate of drug-likeness (QED) is 0.601. The lowest BCUT2D eigenvalue weighted by Crippen LogP contribution is -2.67. The molecule has 0 bridgehead atoms. The van der Waals surface area contributed by atoms with E-state index < -0.39 is 23.9 Å². The Kier molecular flexibility index (Phi) is 11.9. The lowest BCUT2D eigenvalue weighted by molar-refractivity contribution is -0.238. The topological polar surface area (TPSA) is 87.0 Å². The van der Waals surface area contributed by atoms with E-state index in [-0.39, 0.29) is 5.78 Å². The van der Waals surface area contributed by atoms with Gasteiger partial charge in [-0.05, 0) is 25.7 Å². The highest BCUT2D eigenvalue weighted by molar-refractivity contribution is 5.88. The summed E-state index contributed by atoms with van der Waals surface area (Å²) in [5.74, 6) is -0.206. The van der Waals surface area contributed by atoms with Crippen molar-refractivity contribution in [1.29, 1.82) is 0 Å². The fraction of sp³-hybridized carbons (Fsp3) is 0.960. The fourth-order valence-corrected chi connectivity index (χ4v) is 5.41. The Labute approximate surface area is 183 Å². The monoisotopic (exact) mass is 426 g/mol. The third-order valence-electron chi connectivity index (χ3n) is 7.37. The molecule has 2 rings (SSSR count). The van der Waals surface area contributed by atoms with Gasteiger partial charge in [-0.2, -0.15) is 0 Å². The Bertz CT molecular complexity index is 468. The van der Waals surface area contributed by atoms with Gasteiger partial charge >= 0.3 is 0 Å². The van der Waals surface area contributed by atoms with Gasteiger partial charge in [-0.25, -0.2) is 0 Å². The smallest absolute Gasteiger partial charge is 0.167 e. The second kappa shape index (κ2) is 13.8. The summed E-state index contributed by atoms with van der Waals surface area (Å²) in [6.07, 6.45) is 16.3. The van der Waals surface area contributed by atoms with Crippen LogP contribution >= 0.6 is 0 Å². The summed E-state index contributed by atoms with van der Waals surface area (Å²) < 4.78 is 6.31. The van der Waals surface area contributed by atoms with Crippen molar-refractivity contribution >= 4 is 5.78 Å². The fourth-order valence-electron chi connectivity index (χ4n) is 5.41. The molecular weight excluding hydrogens is 380 g/mol. The summed E-state index contributed by atoms with van der Waals surface area (Å²) in [5.41, 5.74) is -3.15. The van der Waals surface area contributed by atoms with Crippen molar-refractivity contribution in [1.82, 2.24) is 0 Å². The number of ether oxygens (including phenoxy) is 1. The zero-order valence-electron chi connectivity index (χ0n) is 19.1. The van der Waals surface area contributed by atoms with E-state index in [4.69, 9.17) is 4.74 Å². The Morgan fingerprint density at radius 3 is 1.77 bits per heavy atom. The van der Waals surface area contributed by atoms with E-state index in [1.807, 2.05) is 0 Å². The van der Waals surface area contributed by atoms with E-state index in [2.05, 4.69) is 0 Å². The molecule has 30 heavy (non-hydrogen) atoms. The number of ketones is 1. The van der Waals surface area contributed by atoms with Crippen molar-refractivity contribution in [2.75, 3.05) is 13.2 Å². The normalized spacial score (nSPS) is 33.4. The molecule has 3 N–H and O–H groups in total. The third-order valence-corrected chi connectivity index (χ3v) is 7.37. The second-order valence-corrected chi connectivity index (χ2v) is 9.63. The minimum absolute atomic E-state index is 0.206. The molecule has 0 unspecified atom stereocenters. The molecule has 1 aliphatic carbocycles. The van der Waals surface area contributed by atoms with E-state index in [1.165, 1.54) is 32.1 Å². The molecule has 1 saturated heterocycles. The molecule has 0 radical (unpaired) electrons. The summed E-state index contributed by atoms with van der Waals surface area (Å²) in [4.78, 5) is 13.4. The first-order valence-electron chi connectivity index (χ1n) is 12.8. The summed E-state index contributed by atoms with van der Waals surface area (Å²) in [5, 5.41) is 32.9. The molecule has 2 fully saturated rings. The maximum atomic E-state index is 13.4. The molecule has 1 heterocycles. The zero-order valence-corrected chi connectivity index (χ0v) is 19.1. The number of Topliss-reactive ketones (excluding diaryl/α,β-unsaturated/α-hetero) is 1. The average Bonchev–Trinajstić information content (AvgIpc) is 2.73. The van der Waals surface area contributed by atoms with Gasteiger partial charge in [-0.3, -0.25) is 4.79 Å². The number of rotatable bonds is 3. The van der Waals surface area contributed by atoms with Crippen molar-refractivity contribution in [3.05, 3.63) is 0 Å². The molecule has 2 aliphatic rings. The van der Waals surface area contributed by atoms with E-state index in [9.17, 15) is 20.1 Å². The van der Waals surface area contributed by atoms with Crippen LogP contribution in [0.25, 0.3) is 0 Å². The van der Waals surface area contributed by atoms with Gasteiger partial charge in [0.2, 0.25) is 0 Å². The van der Waals surface area contributed by atoms with Crippen LogP contribution in [0.15, 0.2) is 0 Å². The predicted octanol–water partition coefficient (Wildman–Crippen LogP) is 4.83. The molecule has 3 atom stereocenters. The van der Waals surface area contributed by atoms with Gasteiger partial charge in [0.15, 0.2) is 11.4 Å². The number of hydrogen-bond donors (Lipinski definition) is 3. The second-order valence-electron chi connectivity index (χ2n) is 9.63. The molecule has 0 aromatic carbocycles. The molecule has 0 aromatic rings. The highest BCUT2D eigenvalue weighted by Crippen LogP contribution is 2.41. The number of hydrogen-bond acceptors (Lipinski definition) is 5. The van der Waals surface area contributed by atoms with Crippen molar-refractivity contribution in [3.8, 4) is 0 Å². The average molecular weight is 427 g/mol. The Hall–Kier alpha value is -0.490. The minimum atomic E-state index is -1.74. The van der Waals surface area contributed by atoms with Crippen molar-refractivity contribution in [2.24, 2.45) is 0 Å². The minimum Gasteiger partial charge on any atom is -0.394 e. The van der Waals surface area contributed by atoms with E-state index >= 15 is 0 Å². The Morgan fingerprint density at radius 2 is 1.20 bits per heavy atom. The van der Waals surface area contributed by atoms with Gasteiger partial charge in [0.25, 0.3) is 0 Å². The van der Waals surface area contributed by atoms with Gasteiger partial charge in [0.1, 0.15) is 11.7 Å². The van der Waals surface area contributed by atoms with Gasteiger partial charge < -0.3 is 20.1 Å². The maximum absolute atomic E-state index is 13.4. The van der Waals surface area contributed by atoms with Crippen LogP contribution in [0.4, 0.5) is 0 Å². The van der Waals surface area contributed by atoms with E-state index in [0.29, 0.717) is 25.9 Å². The molecule has 5 heteroatoms. The first-order chi connectivity index (χ1) is 14.6. The van der Waals surface area contributed by atoms with Crippen molar-refractivity contribution in [2.45, 2.75) is 139 Å². The molecule has 0 aromatic heterocycles. The van der Waals surface area contributed by atoms with Crippen LogP contribution in [0.3, 0.4) is 0 Å². The van der Waals surface area contributed by atoms with Crippen LogP contribution in [-0.4, -0.2) is 51.6 Å². The number of aliphatic hydroxyl groups excluding tert-OH is 2. The molecule has 0 spiro atoms. The maximum Gasteiger partial charge on any atom is 0.167 e.